The third-order valence-electron chi connectivity index (χ3n) is 2.35. The van der Waals surface area contributed by atoms with Crippen LogP contribution in [0.15, 0.2) is 22.7 Å². The molecular formula is C12H16BrNO2Se. The van der Waals surface area contributed by atoms with Gasteiger partial charge in [-0.2, -0.15) is 0 Å². The van der Waals surface area contributed by atoms with Crippen molar-refractivity contribution >= 4 is 41.4 Å². The van der Waals surface area contributed by atoms with E-state index in [0.717, 1.165) is 8.93 Å². The van der Waals surface area contributed by atoms with E-state index in [4.69, 9.17) is 4.74 Å². The van der Waals surface area contributed by atoms with E-state index in [1.807, 2.05) is 32.0 Å². The van der Waals surface area contributed by atoms with E-state index in [1.165, 1.54) is 0 Å². The summed E-state index contributed by atoms with van der Waals surface area (Å²) in [6.07, 6.45) is -0.279. The van der Waals surface area contributed by atoms with Crippen LogP contribution in [0.4, 0.5) is 4.79 Å². The molecule has 0 aliphatic rings. The summed E-state index contributed by atoms with van der Waals surface area (Å²) in [7, 11) is 0. The Morgan fingerprint density at radius 3 is 2.59 bits per heavy atom. The van der Waals surface area contributed by atoms with Crippen LogP contribution in [0.1, 0.15) is 13.8 Å². The maximum atomic E-state index is 11.8. The van der Waals surface area contributed by atoms with Crippen LogP contribution in [0, 0.1) is 0 Å². The third-order valence-corrected chi connectivity index (χ3v) is 5.35. The van der Waals surface area contributed by atoms with E-state index in [9.17, 15) is 4.79 Å². The number of benzene rings is 1. The second-order valence-corrected chi connectivity index (χ2v) is 5.88. The van der Waals surface area contributed by atoms with Crippen LogP contribution < -0.4 is 9.20 Å². The van der Waals surface area contributed by atoms with Crippen molar-refractivity contribution in [2.24, 2.45) is 0 Å². The van der Waals surface area contributed by atoms with Crippen molar-refractivity contribution in [3.63, 3.8) is 0 Å². The predicted octanol–water partition coefficient (Wildman–Crippen LogP) is 2.67. The molecular weight excluding hydrogens is 349 g/mol. The van der Waals surface area contributed by atoms with Crippen LogP contribution in [0.3, 0.4) is 0 Å². The number of carbonyl (C=O) groups is 1. The van der Waals surface area contributed by atoms with Gasteiger partial charge in [0.25, 0.3) is 0 Å². The molecule has 94 valence electrons. The zero-order valence-corrected chi connectivity index (χ0v) is 13.5. The van der Waals surface area contributed by atoms with Gasteiger partial charge in [0.15, 0.2) is 0 Å². The van der Waals surface area contributed by atoms with Gasteiger partial charge in [0, 0.05) is 0 Å². The number of nitrogens with zero attached hydrogens (tertiary/aromatic N) is 1. The van der Waals surface area contributed by atoms with Crippen molar-refractivity contribution in [2.45, 2.75) is 19.7 Å². The molecule has 1 aromatic rings. The topological polar surface area (TPSA) is 29.5 Å². The Labute approximate surface area is 117 Å². The Morgan fingerprint density at radius 2 is 2.06 bits per heavy atom. The molecule has 0 aliphatic carbocycles. The Kier molecular flexibility index (Phi) is 6.03. The van der Waals surface area contributed by atoms with Gasteiger partial charge in [0.1, 0.15) is 0 Å². The molecule has 0 N–H and O–H groups in total. The van der Waals surface area contributed by atoms with Crippen molar-refractivity contribution in [3.8, 4) is 5.75 Å². The number of halogens is 1. The summed E-state index contributed by atoms with van der Waals surface area (Å²) >= 11 is 3.76. The number of rotatable bonds is 4. The van der Waals surface area contributed by atoms with E-state index >= 15 is 0 Å². The summed E-state index contributed by atoms with van der Waals surface area (Å²) in [4.78, 5) is 13.5. The molecule has 0 aliphatic heterocycles. The molecule has 0 aromatic heterocycles. The summed E-state index contributed by atoms with van der Waals surface area (Å²) in [6, 6.07) is 5.69. The number of hydrogen-bond donors (Lipinski definition) is 0. The molecule has 5 heteroatoms. The van der Waals surface area contributed by atoms with Gasteiger partial charge in [-0.3, -0.25) is 0 Å². The maximum absolute atomic E-state index is 11.8. The first-order chi connectivity index (χ1) is 8.13. The predicted molar refractivity (Wildman–Crippen MR) is 74.3 cm³/mol. The van der Waals surface area contributed by atoms with E-state index < -0.39 is 0 Å². The van der Waals surface area contributed by atoms with Gasteiger partial charge < -0.3 is 0 Å². The number of carbonyl (C=O) groups excluding carboxylic acids is 1. The molecule has 0 heterocycles. The first kappa shape index (κ1) is 14.6. The average Bonchev–Trinajstić information content (AvgIpc) is 2.31. The fraction of sp³-hybridized carbons (Fsp3) is 0.417. The molecule has 0 unspecified atom stereocenters. The van der Waals surface area contributed by atoms with Crippen molar-refractivity contribution < 1.29 is 9.53 Å². The van der Waals surface area contributed by atoms with Gasteiger partial charge >= 0.3 is 117 Å². The van der Waals surface area contributed by atoms with Crippen LogP contribution in [-0.4, -0.2) is 39.0 Å². The molecule has 0 bridgehead atoms. The molecule has 0 saturated heterocycles. The summed E-state index contributed by atoms with van der Waals surface area (Å²) in [6.45, 7) is 5.21. The first-order valence-corrected chi connectivity index (χ1v) is 8.79. The van der Waals surface area contributed by atoms with Gasteiger partial charge in [-0.15, -0.1) is 0 Å². The molecule has 1 amide bonds. The van der Waals surface area contributed by atoms with Gasteiger partial charge in [-0.1, -0.05) is 0 Å². The average molecular weight is 365 g/mol. The molecule has 0 fully saturated rings. The molecule has 17 heavy (non-hydrogen) atoms. The summed E-state index contributed by atoms with van der Waals surface area (Å²) in [5, 5.41) is 0. The Balaban J connectivity index is 2.88. The second-order valence-electron chi connectivity index (χ2n) is 3.31. The molecule has 1 aromatic carbocycles. The van der Waals surface area contributed by atoms with Crippen molar-refractivity contribution in [3.05, 3.63) is 22.7 Å². The summed E-state index contributed by atoms with van der Waals surface area (Å²) in [5.41, 5.74) is 0. The normalized spacial score (nSPS) is 10.1. The van der Waals surface area contributed by atoms with E-state index in [-0.39, 0.29) is 21.1 Å². The van der Waals surface area contributed by atoms with Crippen LogP contribution in [0.25, 0.3) is 0 Å². The van der Waals surface area contributed by atoms with Crippen LogP contribution in [0.2, 0.25) is 5.82 Å². The van der Waals surface area contributed by atoms with Crippen molar-refractivity contribution in [2.75, 3.05) is 13.1 Å². The molecule has 1 rings (SSSR count). The van der Waals surface area contributed by atoms with Crippen LogP contribution in [0.5, 0.6) is 5.75 Å². The van der Waals surface area contributed by atoms with E-state index in [2.05, 4.69) is 21.8 Å². The van der Waals surface area contributed by atoms with Crippen molar-refractivity contribution in [1.82, 2.24) is 4.90 Å². The molecule has 0 saturated carbocycles. The molecule has 0 atom stereocenters. The zero-order chi connectivity index (χ0) is 12.8. The van der Waals surface area contributed by atoms with Crippen molar-refractivity contribution in [1.29, 1.82) is 0 Å². The van der Waals surface area contributed by atoms with E-state index in [1.54, 1.807) is 4.90 Å². The Bertz CT molecular complexity index is 394. The van der Waals surface area contributed by atoms with Gasteiger partial charge in [-0.25, -0.2) is 0 Å². The Hall–Kier alpha value is -0.511. The van der Waals surface area contributed by atoms with Gasteiger partial charge in [-0.05, 0) is 0 Å². The van der Waals surface area contributed by atoms with E-state index in [0.29, 0.717) is 18.8 Å². The number of hydrogen-bond acceptors (Lipinski definition) is 2. The fourth-order valence-corrected chi connectivity index (χ4v) is 3.80. The summed E-state index contributed by atoms with van der Waals surface area (Å²) in [5.74, 6) is 2.76. The monoisotopic (exact) mass is 365 g/mol. The number of ether oxygens (including phenoxy) is 1. The molecule has 0 spiro atoms. The molecule has 3 nitrogen and oxygen atoms in total. The minimum absolute atomic E-state index is 0.277. The molecule has 0 radical (unpaired) electrons. The Morgan fingerprint density at radius 1 is 1.41 bits per heavy atom. The standard InChI is InChI=1S/C12H16BrNO2Se/c1-4-14(5-2)12(15)16-10-8-6-7-9(13)11(10)17-3/h6-8H,4-5H2,1-3H3. The van der Waals surface area contributed by atoms with Gasteiger partial charge in [0.05, 0.1) is 0 Å². The first-order valence-electron chi connectivity index (χ1n) is 5.43. The minimum atomic E-state index is -0.279. The zero-order valence-electron chi connectivity index (χ0n) is 10.2. The third kappa shape index (κ3) is 3.73. The summed E-state index contributed by atoms with van der Waals surface area (Å²) < 4.78 is 7.52. The quantitative estimate of drug-likeness (QED) is 0.768. The second kappa shape index (κ2) is 7.04. The van der Waals surface area contributed by atoms with Crippen LogP contribution >= 0.6 is 15.9 Å². The number of amides is 1. The van der Waals surface area contributed by atoms with Gasteiger partial charge in [0.2, 0.25) is 0 Å². The van der Waals surface area contributed by atoms with Crippen LogP contribution in [-0.2, 0) is 0 Å². The fourth-order valence-electron chi connectivity index (χ4n) is 1.41. The SMILES string of the molecule is CCN(CC)C(=O)Oc1cccc(Br)c1[Se]C.